The van der Waals surface area contributed by atoms with E-state index in [1.807, 2.05) is 0 Å². The van der Waals surface area contributed by atoms with Crippen LogP contribution in [-0.2, 0) is 9.47 Å². The molecule has 0 spiro atoms. The molecule has 0 saturated carbocycles. The molecular formula is C12H25NO3. The molecule has 16 heavy (non-hydrogen) atoms. The van der Waals surface area contributed by atoms with Crippen molar-refractivity contribution in [2.75, 3.05) is 33.5 Å². The van der Waals surface area contributed by atoms with Crippen molar-refractivity contribution in [1.29, 1.82) is 0 Å². The van der Waals surface area contributed by atoms with Gasteiger partial charge in [0.15, 0.2) is 0 Å². The molecule has 4 heteroatoms. The average molecular weight is 231 g/mol. The Bertz CT molecular complexity index is 175. The van der Waals surface area contributed by atoms with Crippen LogP contribution in [0, 0.1) is 0 Å². The second-order valence-electron chi connectivity index (χ2n) is 4.84. The van der Waals surface area contributed by atoms with Crippen LogP contribution in [-0.4, -0.2) is 50.2 Å². The second-order valence-corrected chi connectivity index (χ2v) is 4.84. The summed E-state index contributed by atoms with van der Waals surface area (Å²) < 4.78 is 10.8. The maximum atomic E-state index is 9.04. The molecule has 0 aromatic heterocycles. The van der Waals surface area contributed by atoms with Crippen LogP contribution < -0.4 is 5.32 Å². The van der Waals surface area contributed by atoms with Crippen LogP contribution in [0.5, 0.6) is 0 Å². The van der Waals surface area contributed by atoms with E-state index in [2.05, 4.69) is 12.2 Å². The fraction of sp³-hybridized carbons (Fsp3) is 1.00. The van der Waals surface area contributed by atoms with Crippen molar-refractivity contribution in [3.8, 4) is 0 Å². The lowest BCUT2D eigenvalue weighted by Crippen LogP contribution is -2.50. The van der Waals surface area contributed by atoms with Gasteiger partial charge in [0.1, 0.15) is 0 Å². The van der Waals surface area contributed by atoms with Gasteiger partial charge in [0, 0.05) is 32.4 Å². The third-order valence-corrected chi connectivity index (χ3v) is 3.16. The van der Waals surface area contributed by atoms with E-state index >= 15 is 0 Å². The fourth-order valence-electron chi connectivity index (χ4n) is 2.11. The first-order valence-electron chi connectivity index (χ1n) is 6.16. The van der Waals surface area contributed by atoms with Crippen LogP contribution in [0.15, 0.2) is 0 Å². The summed E-state index contributed by atoms with van der Waals surface area (Å²) in [5.74, 6) is 0. The Morgan fingerprint density at radius 3 is 2.88 bits per heavy atom. The van der Waals surface area contributed by atoms with Crippen LogP contribution in [0.3, 0.4) is 0 Å². The van der Waals surface area contributed by atoms with E-state index < -0.39 is 0 Å². The number of rotatable bonds is 7. The standard InChI is InChI=1S/C12H25NO3/c1-12(6-7-14,10-15-2)13-9-11-5-3-4-8-16-11/h11,13-14H,3-10H2,1-2H3/t11-,12-/m1/s1. The fourth-order valence-corrected chi connectivity index (χ4v) is 2.11. The number of ether oxygens (including phenoxy) is 2. The third-order valence-electron chi connectivity index (χ3n) is 3.16. The van der Waals surface area contributed by atoms with E-state index in [1.54, 1.807) is 7.11 Å². The molecule has 0 aliphatic carbocycles. The van der Waals surface area contributed by atoms with Gasteiger partial charge in [-0.1, -0.05) is 0 Å². The summed E-state index contributed by atoms with van der Waals surface area (Å²) in [5.41, 5.74) is -0.149. The summed E-state index contributed by atoms with van der Waals surface area (Å²) in [4.78, 5) is 0. The van der Waals surface area contributed by atoms with Gasteiger partial charge in [0.25, 0.3) is 0 Å². The van der Waals surface area contributed by atoms with Crippen molar-refractivity contribution in [3.05, 3.63) is 0 Å². The Kier molecular flexibility index (Phi) is 6.28. The summed E-state index contributed by atoms with van der Waals surface area (Å²) in [6.45, 7) is 4.60. The molecule has 0 radical (unpaired) electrons. The van der Waals surface area contributed by atoms with E-state index in [4.69, 9.17) is 14.6 Å². The van der Waals surface area contributed by atoms with Crippen molar-refractivity contribution < 1.29 is 14.6 Å². The molecule has 0 aromatic rings. The topological polar surface area (TPSA) is 50.7 Å². The highest BCUT2D eigenvalue weighted by atomic mass is 16.5. The van der Waals surface area contributed by atoms with Crippen molar-refractivity contribution >= 4 is 0 Å². The van der Waals surface area contributed by atoms with E-state index in [1.165, 1.54) is 12.8 Å². The van der Waals surface area contributed by atoms with Gasteiger partial charge in [-0.25, -0.2) is 0 Å². The lowest BCUT2D eigenvalue weighted by atomic mass is 9.98. The molecule has 1 aliphatic rings. The zero-order valence-electron chi connectivity index (χ0n) is 10.5. The van der Waals surface area contributed by atoms with Crippen molar-refractivity contribution in [2.24, 2.45) is 0 Å². The summed E-state index contributed by atoms with van der Waals surface area (Å²) >= 11 is 0. The smallest absolute Gasteiger partial charge is 0.0699 e. The zero-order chi connectivity index (χ0) is 11.9. The molecule has 1 aliphatic heterocycles. The maximum absolute atomic E-state index is 9.04. The highest BCUT2D eigenvalue weighted by Crippen LogP contribution is 2.14. The molecule has 0 bridgehead atoms. The summed E-state index contributed by atoms with van der Waals surface area (Å²) in [5, 5.41) is 12.5. The number of methoxy groups -OCH3 is 1. The summed E-state index contributed by atoms with van der Waals surface area (Å²) in [6, 6.07) is 0. The van der Waals surface area contributed by atoms with Crippen molar-refractivity contribution in [1.82, 2.24) is 5.32 Å². The first-order valence-corrected chi connectivity index (χ1v) is 6.16. The van der Waals surface area contributed by atoms with Crippen LogP contribution in [0.4, 0.5) is 0 Å². The first kappa shape index (κ1) is 13.9. The minimum atomic E-state index is -0.149. The minimum Gasteiger partial charge on any atom is -0.396 e. The van der Waals surface area contributed by atoms with Gasteiger partial charge in [-0.05, 0) is 32.6 Å². The Morgan fingerprint density at radius 1 is 1.50 bits per heavy atom. The van der Waals surface area contributed by atoms with Gasteiger partial charge in [-0.2, -0.15) is 0 Å². The van der Waals surface area contributed by atoms with Crippen molar-refractivity contribution in [2.45, 2.75) is 44.2 Å². The molecule has 0 unspecified atom stereocenters. The van der Waals surface area contributed by atoms with Gasteiger partial charge < -0.3 is 19.9 Å². The highest BCUT2D eigenvalue weighted by Gasteiger charge is 2.25. The minimum absolute atomic E-state index is 0.149. The summed E-state index contributed by atoms with van der Waals surface area (Å²) in [6.07, 6.45) is 4.60. The molecule has 2 atom stereocenters. The number of nitrogens with one attached hydrogen (secondary N) is 1. The number of aliphatic hydroxyl groups is 1. The normalized spacial score (nSPS) is 25.3. The predicted octanol–water partition coefficient (Wildman–Crippen LogP) is 0.933. The van der Waals surface area contributed by atoms with Gasteiger partial charge in [0.05, 0.1) is 12.7 Å². The molecule has 4 nitrogen and oxygen atoms in total. The Balaban J connectivity index is 2.30. The van der Waals surface area contributed by atoms with E-state index in [9.17, 15) is 0 Å². The SMILES string of the molecule is COC[C@@](C)(CCO)NC[C@H]1CCCCO1. The average Bonchev–Trinajstić information content (AvgIpc) is 2.29. The van der Waals surface area contributed by atoms with Crippen LogP contribution >= 0.6 is 0 Å². The van der Waals surface area contributed by atoms with Crippen LogP contribution in [0.25, 0.3) is 0 Å². The third kappa shape index (κ3) is 4.78. The Labute approximate surface area is 98.3 Å². The molecule has 0 aromatic carbocycles. The molecular weight excluding hydrogens is 206 g/mol. The summed E-state index contributed by atoms with van der Waals surface area (Å²) in [7, 11) is 1.69. The maximum Gasteiger partial charge on any atom is 0.0699 e. The highest BCUT2D eigenvalue weighted by molar-refractivity contribution is 4.84. The Hall–Kier alpha value is -0.160. The van der Waals surface area contributed by atoms with E-state index in [-0.39, 0.29) is 12.1 Å². The molecule has 1 fully saturated rings. The number of aliphatic hydroxyl groups excluding tert-OH is 1. The zero-order valence-corrected chi connectivity index (χ0v) is 10.5. The monoisotopic (exact) mass is 231 g/mol. The van der Waals surface area contributed by atoms with Gasteiger partial charge in [-0.15, -0.1) is 0 Å². The van der Waals surface area contributed by atoms with Crippen molar-refractivity contribution in [3.63, 3.8) is 0 Å². The van der Waals surface area contributed by atoms with Crippen LogP contribution in [0.1, 0.15) is 32.6 Å². The first-order chi connectivity index (χ1) is 7.70. The number of hydrogen-bond acceptors (Lipinski definition) is 4. The lowest BCUT2D eigenvalue weighted by Gasteiger charge is -2.32. The quantitative estimate of drug-likeness (QED) is 0.684. The molecule has 1 rings (SSSR count). The molecule has 0 amide bonds. The van der Waals surface area contributed by atoms with Gasteiger partial charge in [0.2, 0.25) is 0 Å². The largest absolute Gasteiger partial charge is 0.396 e. The molecule has 2 N–H and O–H groups in total. The number of hydrogen-bond donors (Lipinski definition) is 2. The second kappa shape index (κ2) is 7.22. The van der Waals surface area contributed by atoms with Gasteiger partial charge in [-0.3, -0.25) is 0 Å². The Morgan fingerprint density at radius 2 is 2.31 bits per heavy atom. The lowest BCUT2D eigenvalue weighted by molar-refractivity contribution is 0.00602. The van der Waals surface area contributed by atoms with E-state index in [0.29, 0.717) is 19.1 Å². The molecule has 1 heterocycles. The molecule has 96 valence electrons. The molecule has 1 saturated heterocycles. The van der Waals surface area contributed by atoms with Gasteiger partial charge >= 0.3 is 0 Å². The predicted molar refractivity (Wildman–Crippen MR) is 63.6 cm³/mol. The van der Waals surface area contributed by atoms with Crippen LogP contribution in [0.2, 0.25) is 0 Å². The van der Waals surface area contributed by atoms with E-state index in [0.717, 1.165) is 19.6 Å².